The van der Waals surface area contributed by atoms with Crippen LogP contribution in [0.5, 0.6) is 0 Å². The zero-order valence-corrected chi connectivity index (χ0v) is 16.2. The van der Waals surface area contributed by atoms with Crippen molar-refractivity contribution in [3.05, 3.63) is 120 Å². The van der Waals surface area contributed by atoms with Crippen LogP contribution in [0.15, 0.2) is 107 Å². The van der Waals surface area contributed by atoms with Crippen LogP contribution in [0.1, 0.15) is 34.4 Å². The molecule has 1 atom stereocenters. The normalized spacial score (nSPS) is 14.1. The molecule has 0 aliphatic carbocycles. The van der Waals surface area contributed by atoms with Crippen molar-refractivity contribution in [2.75, 3.05) is 0 Å². The summed E-state index contributed by atoms with van der Waals surface area (Å²) in [5.74, 6) is 0.477. The molecule has 2 nitrogen and oxygen atoms in total. The molecule has 4 aromatic rings. The van der Waals surface area contributed by atoms with E-state index >= 15 is 0 Å². The van der Waals surface area contributed by atoms with Crippen molar-refractivity contribution >= 4 is 11.8 Å². The van der Waals surface area contributed by atoms with Crippen molar-refractivity contribution < 1.29 is 0 Å². The lowest BCUT2D eigenvalue weighted by molar-refractivity contribution is 0.563. The Bertz CT molecular complexity index is 1030. The third-order valence-corrected chi connectivity index (χ3v) is 6.54. The van der Waals surface area contributed by atoms with Crippen molar-refractivity contribution in [1.29, 1.82) is 0 Å². The van der Waals surface area contributed by atoms with E-state index in [0.29, 0.717) is 0 Å². The molecule has 0 saturated heterocycles. The topological polar surface area (TPSA) is 25.8 Å². The first-order valence-corrected chi connectivity index (χ1v) is 10.4. The van der Waals surface area contributed by atoms with E-state index in [1.165, 1.54) is 20.9 Å². The molecule has 0 spiro atoms. The molecule has 0 unspecified atom stereocenters. The van der Waals surface area contributed by atoms with Gasteiger partial charge in [0.05, 0.1) is 0 Å². The largest absolute Gasteiger partial charge is 0.261 e. The molecular formula is C25H20N2S. The quantitative estimate of drug-likeness (QED) is 0.428. The van der Waals surface area contributed by atoms with Gasteiger partial charge in [0.1, 0.15) is 0 Å². The maximum absolute atomic E-state index is 4.76. The van der Waals surface area contributed by atoms with Crippen LogP contribution in [-0.2, 0) is 6.42 Å². The van der Waals surface area contributed by atoms with Gasteiger partial charge in [0.15, 0.2) is 0 Å². The van der Waals surface area contributed by atoms with E-state index in [0.717, 1.165) is 17.8 Å². The summed E-state index contributed by atoms with van der Waals surface area (Å²) in [5, 5.41) is 0. The minimum absolute atomic E-state index is 0.222. The van der Waals surface area contributed by atoms with Crippen LogP contribution in [0.25, 0.3) is 0 Å². The van der Waals surface area contributed by atoms with Crippen molar-refractivity contribution in [1.82, 2.24) is 9.97 Å². The van der Waals surface area contributed by atoms with E-state index in [1.54, 1.807) is 0 Å². The maximum atomic E-state index is 4.76. The van der Waals surface area contributed by atoms with Crippen LogP contribution in [0, 0.1) is 0 Å². The van der Waals surface area contributed by atoms with Crippen molar-refractivity contribution in [2.45, 2.75) is 28.0 Å². The highest BCUT2D eigenvalue weighted by atomic mass is 32.2. The number of fused-ring (bicyclic) bond motifs is 2. The van der Waals surface area contributed by atoms with Crippen LogP contribution in [0.4, 0.5) is 0 Å². The maximum Gasteiger partial charge on any atom is 0.0447 e. The standard InChI is InChI=1S/C25H20N2S/c1-3-13-23-19(10-1)25(20-11-2-4-14-24(20)28-23)21(22-12-6-8-16-27-22)17-18-9-5-7-15-26-18/h1-16,21,25H,17H2/t21-/m1/s1. The van der Waals surface area contributed by atoms with Gasteiger partial charge in [-0.1, -0.05) is 60.3 Å². The summed E-state index contributed by atoms with van der Waals surface area (Å²) in [6.45, 7) is 0. The summed E-state index contributed by atoms with van der Waals surface area (Å²) < 4.78 is 0. The highest BCUT2D eigenvalue weighted by Gasteiger charge is 2.34. The van der Waals surface area contributed by atoms with Gasteiger partial charge in [-0.25, -0.2) is 0 Å². The van der Waals surface area contributed by atoms with Crippen LogP contribution in [0.2, 0.25) is 0 Å². The lowest BCUT2D eigenvalue weighted by Gasteiger charge is -2.33. The van der Waals surface area contributed by atoms with Gasteiger partial charge in [-0.3, -0.25) is 9.97 Å². The van der Waals surface area contributed by atoms with E-state index in [9.17, 15) is 0 Å². The van der Waals surface area contributed by atoms with Gasteiger partial charge in [0, 0.05) is 45.4 Å². The van der Waals surface area contributed by atoms with Crippen LogP contribution >= 0.6 is 11.8 Å². The van der Waals surface area contributed by atoms with Gasteiger partial charge in [-0.05, 0) is 53.9 Å². The number of nitrogens with zero attached hydrogens (tertiary/aromatic N) is 2. The zero-order chi connectivity index (χ0) is 18.8. The first-order chi connectivity index (χ1) is 13.9. The predicted molar refractivity (Wildman–Crippen MR) is 114 cm³/mol. The number of aromatic nitrogens is 2. The molecular weight excluding hydrogens is 360 g/mol. The molecule has 1 aliphatic rings. The lowest BCUT2D eigenvalue weighted by atomic mass is 9.76. The summed E-state index contributed by atoms with van der Waals surface area (Å²) in [4.78, 5) is 12.1. The van der Waals surface area contributed by atoms with Crippen molar-refractivity contribution in [3.8, 4) is 0 Å². The zero-order valence-electron chi connectivity index (χ0n) is 15.4. The predicted octanol–water partition coefficient (Wildman–Crippen LogP) is 6.10. The fourth-order valence-corrected chi connectivity index (χ4v) is 5.27. The average Bonchev–Trinajstić information content (AvgIpc) is 2.77. The van der Waals surface area contributed by atoms with Crippen molar-refractivity contribution in [3.63, 3.8) is 0 Å². The van der Waals surface area contributed by atoms with Crippen LogP contribution < -0.4 is 0 Å². The molecule has 5 rings (SSSR count). The summed E-state index contributed by atoms with van der Waals surface area (Å²) in [6.07, 6.45) is 4.63. The Balaban J connectivity index is 1.68. The van der Waals surface area contributed by atoms with E-state index in [4.69, 9.17) is 4.98 Å². The van der Waals surface area contributed by atoms with Gasteiger partial charge >= 0.3 is 0 Å². The number of benzene rings is 2. The Hall–Kier alpha value is -2.91. The van der Waals surface area contributed by atoms with Gasteiger partial charge in [0.25, 0.3) is 0 Å². The molecule has 0 N–H and O–H groups in total. The van der Waals surface area contributed by atoms with Gasteiger partial charge in [-0.15, -0.1) is 0 Å². The minimum Gasteiger partial charge on any atom is -0.261 e. The molecule has 3 heteroatoms. The molecule has 136 valence electrons. The Morgan fingerprint density at radius 1 is 0.679 bits per heavy atom. The summed E-state index contributed by atoms with van der Waals surface area (Å²) in [7, 11) is 0. The summed E-state index contributed by atoms with van der Waals surface area (Å²) in [5.41, 5.74) is 5.00. The summed E-state index contributed by atoms with van der Waals surface area (Å²) in [6, 6.07) is 30.0. The molecule has 0 bridgehead atoms. The molecule has 0 radical (unpaired) electrons. The Labute approximate surface area is 169 Å². The first kappa shape index (κ1) is 17.2. The fraction of sp³-hybridized carbons (Fsp3) is 0.120. The molecule has 28 heavy (non-hydrogen) atoms. The number of pyridine rings is 2. The molecule has 0 saturated carbocycles. The monoisotopic (exact) mass is 380 g/mol. The third-order valence-electron chi connectivity index (χ3n) is 5.35. The van der Waals surface area contributed by atoms with Gasteiger partial charge in [-0.2, -0.15) is 0 Å². The number of hydrogen-bond donors (Lipinski definition) is 0. The van der Waals surface area contributed by atoms with Gasteiger partial charge in [0.2, 0.25) is 0 Å². The Morgan fingerprint density at radius 2 is 1.29 bits per heavy atom. The second-order valence-corrected chi connectivity index (χ2v) is 8.13. The first-order valence-electron chi connectivity index (χ1n) is 9.57. The summed E-state index contributed by atoms with van der Waals surface area (Å²) >= 11 is 1.87. The SMILES string of the molecule is c1ccc(C[C@H](c2ccccn2)C2c3ccccc3Sc3ccccc32)nc1. The van der Waals surface area contributed by atoms with Gasteiger partial charge < -0.3 is 0 Å². The Kier molecular flexibility index (Phi) is 4.67. The smallest absolute Gasteiger partial charge is 0.0447 e. The second-order valence-electron chi connectivity index (χ2n) is 7.04. The molecule has 2 aromatic carbocycles. The van der Waals surface area contributed by atoms with E-state index < -0.39 is 0 Å². The number of rotatable bonds is 4. The highest BCUT2D eigenvalue weighted by Crippen LogP contribution is 2.51. The van der Waals surface area contributed by atoms with E-state index in [2.05, 4.69) is 77.8 Å². The highest BCUT2D eigenvalue weighted by molar-refractivity contribution is 7.99. The minimum atomic E-state index is 0.222. The fourth-order valence-electron chi connectivity index (χ4n) is 4.11. The molecule has 0 amide bonds. The molecule has 0 fully saturated rings. The van der Waals surface area contributed by atoms with E-state index in [1.807, 2.05) is 36.3 Å². The molecule has 2 aromatic heterocycles. The lowest BCUT2D eigenvalue weighted by Crippen LogP contribution is -2.20. The van der Waals surface area contributed by atoms with Crippen LogP contribution in [0.3, 0.4) is 0 Å². The van der Waals surface area contributed by atoms with Crippen molar-refractivity contribution in [2.24, 2.45) is 0 Å². The van der Waals surface area contributed by atoms with E-state index in [-0.39, 0.29) is 11.8 Å². The third kappa shape index (κ3) is 3.23. The molecule has 1 aliphatic heterocycles. The Morgan fingerprint density at radius 3 is 1.89 bits per heavy atom. The van der Waals surface area contributed by atoms with Crippen LogP contribution in [-0.4, -0.2) is 9.97 Å². The average molecular weight is 381 g/mol. The number of hydrogen-bond acceptors (Lipinski definition) is 3. The molecule has 3 heterocycles. The second kappa shape index (κ2) is 7.61.